The molecule has 4 nitrogen and oxygen atoms in total. The van der Waals surface area contributed by atoms with Crippen molar-refractivity contribution in [1.82, 2.24) is 4.98 Å². The normalized spacial score (nSPS) is 11.7. The van der Waals surface area contributed by atoms with Crippen LogP contribution in [0.3, 0.4) is 0 Å². The lowest BCUT2D eigenvalue weighted by atomic mass is 10.0. The average Bonchev–Trinajstić information content (AvgIpc) is 2.62. The Morgan fingerprint density at radius 2 is 1.72 bits per heavy atom. The minimum Gasteiger partial charge on any atom is -0.339 e. The fraction of sp³-hybridized carbons (Fsp3) is 0.111. The highest BCUT2D eigenvalue weighted by molar-refractivity contribution is 6.35. The maximum Gasteiger partial charge on any atom is 0.417 e. The van der Waals surface area contributed by atoms with Crippen LogP contribution in [-0.4, -0.2) is 10.8 Å². The van der Waals surface area contributed by atoms with E-state index in [4.69, 9.17) is 11.6 Å². The first-order valence-corrected chi connectivity index (χ1v) is 8.18. The number of rotatable bonds is 3. The van der Waals surface area contributed by atoms with Gasteiger partial charge in [-0.2, -0.15) is 13.2 Å². The molecule has 11 heteroatoms. The van der Waals surface area contributed by atoms with Gasteiger partial charge in [0.1, 0.15) is 11.4 Å². The molecule has 0 radical (unpaired) electrons. The number of anilines is 2. The lowest BCUT2D eigenvalue weighted by Crippen LogP contribution is -2.21. The number of alkyl halides is 3. The van der Waals surface area contributed by atoms with Crippen LogP contribution in [0.5, 0.6) is 0 Å². The maximum absolute atomic E-state index is 14.0. The van der Waals surface area contributed by atoms with Crippen LogP contribution in [0.1, 0.15) is 22.8 Å². The minimum absolute atomic E-state index is 0.283. The number of nitrogens with one attached hydrogen (secondary N) is 2. The summed E-state index contributed by atoms with van der Waals surface area (Å²) in [7, 11) is 0. The minimum atomic E-state index is -4.93. The predicted molar refractivity (Wildman–Crippen MR) is 94.2 cm³/mol. The van der Waals surface area contributed by atoms with E-state index >= 15 is 0 Å². The summed E-state index contributed by atoms with van der Waals surface area (Å²) in [6.45, 7) is 0.904. The Labute approximate surface area is 163 Å². The van der Waals surface area contributed by atoms with Gasteiger partial charge in [-0.05, 0) is 31.2 Å². The molecule has 152 valence electrons. The van der Waals surface area contributed by atoms with Gasteiger partial charge in [0, 0.05) is 0 Å². The van der Waals surface area contributed by atoms with Crippen molar-refractivity contribution >= 4 is 39.8 Å². The molecule has 0 bridgehead atoms. The van der Waals surface area contributed by atoms with Gasteiger partial charge < -0.3 is 10.3 Å². The van der Waals surface area contributed by atoms with E-state index in [1.807, 2.05) is 0 Å². The average molecular weight is 435 g/mol. The largest absolute Gasteiger partial charge is 0.417 e. The van der Waals surface area contributed by atoms with Crippen LogP contribution in [0.25, 0.3) is 10.9 Å². The van der Waals surface area contributed by atoms with Gasteiger partial charge in [0.25, 0.3) is 0 Å². The van der Waals surface area contributed by atoms with Gasteiger partial charge in [0.15, 0.2) is 23.2 Å². The van der Waals surface area contributed by atoms with Crippen molar-refractivity contribution in [2.45, 2.75) is 13.1 Å². The number of pyridine rings is 1. The molecule has 0 aliphatic rings. The SMILES string of the molecule is CC(=O)c1c(Nc2ccc(F)c(F)c2F)[nH]c2c(Cl)ccc(C(F)(F)F)c2c1=O. The van der Waals surface area contributed by atoms with E-state index in [0.29, 0.717) is 12.1 Å². The fourth-order valence-electron chi connectivity index (χ4n) is 2.78. The van der Waals surface area contributed by atoms with Gasteiger partial charge >= 0.3 is 6.18 Å². The molecule has 3 rings (SSSR count). The molecular weight excluding hydrogens is 426 g/mol. The predicted octanol–water partition coefficient (Wildman–Crippen LogP) is 5.56. The highest BCUT2D eigenvalue weighted by atomic mass is 35.5. The Balaban J connectivity index is 2.36. The number of Topliss-reactive ketones (excluding diaryl/α,β-unsaturated/α-hetero) is 1. The monoisotopic (exact) mass is 434 g/mol. The second-order valence-corrected chi connectivity index (χ2v) is 6.36. The molecule has 1 aromatic heterocycles. The van der Waals surface area contributed by atoms with Crippen molar-refractivity contribution in [3.63, 3.8) is 0 Å². The Kier molecular flexibility index (Phi) is 5.08. The Hall–Kier alpha value is -3.01. The summed E-state index contributed by atoms with van der Waals surface area (Å²) < 4.78 is 80.5. The summed E-state index contributed by atoms with van der Waals surface area (Å²) >= 11 is 5.90. The number of hydrogen-bond acceptors (Lipinski definition) is 3. The molecule has 0 saturated carbocycles. The smallest absolute Gasteiger partial charge is 0.339 e. The second kappa shape index (κ2) is 7.11. The van der Waals surface area contributed by atoms with E-state index in [0.717, 1.165) is 19.1 Å². The van der Waals surface area contributed by atoms with Crippen molar-refractivity contribution in [3.8, 4) is 0 Å². The van der Waals surface area contributed by atoms with Crippen molar-refractivity contribution in [1.29, 1.82) is 0 Å². The number of halogens is 7. The molecule has 0 spiro atoms. The molecular formula is C18H9ClF6N2O2. The highest BCUT2D eigenvalue weighted by Gasteiger charge is 2.35. The number of carbonyl (C=O) groups excluding carboxylic acids is 1. The van der Waals surface area contributed by atoms with Gasteiger partial charge in [0.05, 0.1) is 27.2 Å². The maximum atomic E-state index is 14.0. The van der Waals surface area contributed by atoms with Crippen molar-refractivity contribution in [2.75, 3.05) is 5.32 Å². The molecule has 3 aromatic rings. The van der Waals surface area contributed by atoms with E-state index in [9.17, 15) is 35.9 Å². The van der Waals surface area contributed by atoms with E-state index in [1.54, 1.807) is 0 Å². The first kappa shape index (κ1) is 20.7. The van der Waals surface area contributed by atoms with Crippen LogP contribution in [0.4, 0.5) is 37.8 Å². The number of H-pyrrole nitrogens is 1. The van der Waals surface area contributed by atoms with Crippen LogP contribution in [0.2, 0.25) is 5.02 Å². The number of benzene rings is 2. The summed E-state index contributed by atoms with van der Waals surface area (Å²) in [5.41, 5.74) is -4.54. The highest BCUT2D eigenvalue weighted by Crippen LogP contribution is 2.36. The number of carbonyl (C=O) groups is 1. The first-order chi connectivity index (χ1) is 13.4. The van der Waals surface area contributed by atoms with Crippen molar-refractivity contribution in [2.24, 2.45) is 0 Å². The zero-order valence-corrected chi connectivity index (χ0v) is 15.0. The molecule has 0 aliphatic carbocycles. The zero-order chi connectivity index (χ0) is 21.7. The molecule has 2 N–H and O–H groups in total. The molecule has 0 saturated heterocycles. The molecule has 1 heterocycles. The van der Waals surface area contributed by atoms with Gasteiger partial charge in [-0.1, -0.05) is 11.6 Å². The molecule has 0 atom stereocenters. The summed E-state index contributed by atoms with van der Waals surface area (Å²) in [6.07, 6.45) is -4.93. The lowest BCUT2D eigenvalue weighted by molar-refractivity contribution is -0.136. The van der Waals surface area contributed by atoms with E-state index in [2.05, 4.69) is 10.3 Å². The molecule has 0 unspecified atom stereocenters. The zero-order valence-electron chi connectivity index (χ0n) is 14.3. The third kappa shape index (κ3) is 3.55. The van der Waals surface area contributed by atoms with Crippen molar-refractivity contribution < 1.29 is 31.1 Å². The lowest BCUT2D eigenvalue weighted by Gasteiger charge is -2.16. The fourth-order valence-corrected chi connectivity index (χ4v) is 2.99. The second-order valence-electron chi connectivity index (χ2n) is 5.95. The number of fused-ring (bicyclic) bond motifs is 1. The standard InChI is InChI=1S/C18H9ClF6N2O2/c1-6(28)11-16(29)12-7(18(23,24)25)2-3-8(19)15(12)27-17(11)26-10-5-4-9(20)13(21)14(10)22/h2-5H,1H3,(H2,26,27,29). The van der Waals surface area contributed by atoms with Crippen LogP contribution >= 0.6 is 11.6 Å². The third-order valence-electron chi connectivity index (χ3n) is 4.06. The number of ketones is 1. The van der Waals surface area contributed by atoms with Crippen LogP contribution in [0, 0.1) is 17.5 Å². The van der Waals surface area contributed by atoms with Crippen LogP contribution in [0.15, 0.2) is 29.1 Å². The number of aromatic nitrogens is 1. The first-order valence-electron chi connectivity index (χ1n) is 7.80. The van der Waals surface area contributed by atoms with Gasteiger partial charge in [0.2, 0.25) is 5.43 Å². The van der Waals surface area contributed by atoms with Gasteiger partial charge in [-0.15, -0.1) is 0 Å². The molecule has 29 heavy (non-hydrogen) atoms. The number of hydrogen-bond donors (Lipinski definition) is 2. The molecule has 0 fully saturated rings. The van der Waals surface area contributed by atoms with Crippen LogP contribution < -0.4 is 10.7 Å². The summed E-state index contributed by atoms with van der Waals surface area (Å²) in [5, 5.41) is 1.04. The van der Waals surface area contributed by atoms with Crippen molar-refractivity contribution in [3.05, 3.63) is 68.1 Å². The van der Waals surface area contributed by atoms with E-state index < -0.39 is 68.4 Å². The molecule has 0 aliphatic heterocycles. The molecule has 2 aromatic carbocycles. The Bertz CT molecular complexity index is 1220. The summed E-state index contributed by atoms with van der Waals surface area (Å²) in [4.78, 5) is 27.1. The summed E-state index contributed by atoms with van der Waals surface area (Å²) in [5.74, 6) is -6.44. The van der Waals surface area contributed by atoms with Gasteiger partial charge in [-0.25, -0.2) is 13.2 Å². The van der Waals surface area contributed by atoms with Gasteiger partial charge in [-0.3, -0.25) is 9.59 Å². The Morgan fingerprint density at radius 1 is 1.07 bits per heavy atom. The molecule has 0 amide bonds. The van der Waals surface area contributed by atoms with E-state index in [-0.39, 0.29) is 5.02 Å². The number of aromatic amines is 1. The van der Waals surface area contributed by atoms with E-state index in [1.165, 1.54) is 0 Å². The summed E-state index contributed by atoms with van der Waals surface area (Å²) in [6, 6.07) is 2.85. The topological polar surface area (TPSA) is 62.0 Å². The van der Waals surface area contributed by atoms with Crippen LogP contribution in [-0.2, 0) is 6.18 Å². The quantitative estimate of drug-likeness (QED) is 0.322. The Morgan fingerprint density at radius 3 is 2.31 bits per heavy atom. The third-order valence-corrected chi connectivity index (χ3v) is 4.38.